The molecule has 1 rings (SSSR count). The molecule has 0 aliphatic heterocycles. The average Bonchev–Trinajstić information content (AvgIpc) is 2.48. The Morgan fingerprint density at radius 1 is 1.32 bits per heavy atom. The van der Waals surface area contributed by atoms with Gasteiger partial charge in [-0.15, -0.1) is 0 Å². The Kier molecular flexibility index (Phi) is 7.32. The van der Waals surface area contributed by atoms with E-state index in [0.717, 1.165) is 18.4 Å². The zero-order valence-electron chi connectivity index (χ0n) is 14.4. The van der Waals surface area contributed by atoms with Crippen molar-refractivity contribution in [3.05, 3.63) is 17.8 Å². The van der Waals surface area contributed by atoms with Crippen LogP contribution in [-0.4, -0.2) is 29.7 Å². The summed E-state index contributed by atoms with van der Waals surface area (Å²) in [6.45, 7) is 10.9. The second-order valence-electron chi connectivity index (χ2n) is 5.56. The van der Waals surface area contributed by atoms with E-state index in [1.54, 1.807) is 6.20 Å². The second kappa shape index (κ2) is 8.73. The van der Waals surface area contributed by atoms with Crippen LogP contribution in [-0.2, 0) is 9.53 Å². The summed E-state index contributed by atoms with van der Waals surface area (Å²) in [7, 11) is 0. The summed E-state index contributed by atoms with van der Waals surface area (Å²) in [6, 6.07) is 1.86. The Labute approximate surface area is 133 Å². The van der Waals surface area contributed by atoms with Crippen LogP contribution in [0.3, 0.4) is 0 Å². The number of rotatable bonds is 9. The Morgan fingerprint density at radius 3 is 2.59 bits per heavy atom. The summed E-state index contributed by atoms with van der Waals surface area (Å²) in [5, 5.41) is 2.90. The zero-order chi connectivity index (χ0) is 16.6. The van der Waals surface area contributed by atoms with E-state index < -0.39 is 5.60 Å². The molecule has 0 aliphatic rings. The highest BCUT2D eigenvalue weighted by atomic mass is 16.5. The quantitative estimate of drug-likeness (QED) is 0.755. The number of pyridine rings is 1. The Hall–Kier alpha value is -1.62. The maximum absolute atomic E-state index is 12.6. The van der Waals surface area contributed by atoms with E-state index in [1.807, 2.05) is 40.7 Å². The Morgan fingerprint density at radius 2 is 2.05 bits per heavy atom. The van der Waals surface area contributed by atoms with Crippen LogP contribution in [0.15, 0.2) is 12.3 Å². The van der Waals surface area contributed by atoms with Crippen molar-refractivity contribution in [2.45, 2.75) is 59.5 Å². The van der Waals surface area contributed by atoms with Gasteiger partial charge < -0.3 is 14.8 Å². The van der Waals surface area contributed by atoms with Gasteiger partial charge >= 0.3 is 0 Å². The Bertz CT molecular complexity index is 491. The molecule has 1 N–H and O–H groups in total. The van der Waals surface area contributed by atoms with E-state index in [0.29, 0.717) is 31.2 Å². The fraction of sp³-hybridized carbons (Fsp3) is 0.647. The second-order valence-corrected chi connectivity index (χ2v) is 5.56. The van der Waals surface area contributed by atoms with Gasteiger partial charge in [-0.05, 0) is 39.7 Å². The molecule has 0 aliphatic carbocycles. The molecule has 5 heteroatoms. The number of ether oxygens (including phenoxy) is 2. The van der Waals surface area contributed by atoms with E-state index in [9.17, 15) is 4.79 Å². The largest absolute Gasteiger partial charge is 0.478 e. The molecule has 0 spiro atoms. The average molecular weight is 308 g/mol. The van der Waals surface area contributed by atoms with Crippen LogP contribution in [0.1, 0.15) is 52.5 Å². The zero-order valence-corrected chi connectivity index (χ0v) is 14.4. The van der Waals surface area contributed by atoms with Crippen molar-refractivity contribution in [1.29, 1.82) is 0 Å². The van der Waals surface area contributed by atoms with Crippen molar-refractivity contribution in [2.75, 3.05) is 18.5 Å². The van der Waals surface area contributed by atoms with E-state index in [4.69, 9.17) is 9.47 Å². The first-order valence-corrected chi connectivity index (χ1v) is 8.01. The van der Waals surface area contributed by atoms with E-state index in [1.165, 1.54) is 0 Å². The number of aryl methyl sites for hydroxylation is 1. The monoisotopic (exact) mass is 308 g/mol. The normalized spacial score (nSPS) is 13.5. The lowest BCUT2D eigenvalue weighted by Crippen LogP contribution is -2.43. The number of anilines is 1. The first-order chi connectivity index (χ1) is 10.5. The summed E-state index contributed by atoms with van der Waals surface area (Å²) in [6.07, 6.45) is 4.06. The van der Waals surface area contributed by atoms with Crippen LogP contribution in [0.2, 0.25) is 0 Å². The lowest BCUT2D eigenvalue weighted by Gasteiger charge is -2.28. The van der Waals surface area contributed by atoms with Gasteiger partial charge in [0.2, 0.25) is 5.88 Å². The molecular weight excluding hydrogens is 280 g/mol. The van der Waals surface area contributed by atoms with Gasteiger partial charge in [-0.25, -0.2) is 4.98 Å². The molecule has 124 valence electrons. The number of carbonyl (C=O) groups is 1. The van der Waals surface area contributed by atoms with Gasteiger partial charge in [-0.3, -0.25) is 4.79 Å². The lowest BCUT2D eigenvalue weighted by molar-refractivity contribution is -0.140. The molecule has 1 heterocycles. The fourth-order valence-electron chi connectivity index (χ4n) is 2.24. The SMILES string of the molecule is CCCO[C@](C)(CCC)C(=O)Nc1cnc(OCC)c(C)c1. The molecule has 1 atom stereocenters. The van der Waals surface area contributed by atoms with Crippen molar-refractivity contribution in [1.82, 2.24) is 4.98 Å². The number of carbonyl (C=O) groups excluding carboxylic acids is 1. The molecule has 1 amide bonds. The third-order valence-corrected chi connectivity index (χ3v) is 3.40. The summed E-state index contributed by atoms with van der Waals surface area (Å²) in [5.74, 6) is 0.465. The van der Waals surface area contributed by atoms with Crippen LogP contribution in [0.25, 0.3) is 0 Å². The van der Waals surface area contributed by atoms with E-state index in [-0.39, 0.29) is 5.91 Å². The van der Waals surface area contributed by atoms with Gasteiger partial charge in [0.25, 0.3) is 5.91 Å². The van der Waals surface area contributed by atoms with Crippen LogP contribution in [0.4, 0.5) is 5.69 Å². The molecule has 0 aromatic carbocycles. The molecule has 0 bridgehead atoms. The lowest BCUT2D eigenvalue weighted by atomic mass is 9.99. The minimum absolute atomic E-state index is 0.131. The summed E-state index contributed by atoms with van der Waals surface area (Å²) in [5.41, 5.74) is 0.747. The van der Waals surface area contributed by atoms with Gasteiger partial charge in [-0.1, -0.05) is 20.3 Å². The molecule has 0 fully saturated rings. The minimum Gasteiger partial charge on any atom is -0.478 e. The number of amides is 1. The molecule has 0 saturated carbocycles. The predicted molar refractivity (Wildman–Crippen MR) is 88.3 cm³/mol. The van der Waals surface area contributed by atoms with Gasteiger partial charge in [0.1, 0.15) is 5.60 Å². The van der Waals surface area contributed by atoms with Gasteiger partial charge in [0.05, 0.1) is 18.5 Å². The van der Waals surface area contributed by atoms with E-state index in [2.05, 4.69) is 10.3 Å². The highest BCUT2D eigenvalue weighted by Gasteiger charge is 2.33. The molecule has 0 radical (unpaired) electrons. The molecule has 5 nitrogen and oxygen atoms in total. The molecule has 22 heavy (non-hydrogen) atoms. The van der Waals surface area contributed by atoms with Gasteiger partial charge in [0.15, 0.2) is 0 Å². The van der Waals surface area contributed by atoms with Gasteiger partial charge in [0, 0.05) is 12.2 Å². The van der Waals surface area contributed by atoms with Crippen LogP contribution < -0.4 is 10.1 Å². The summed E-state index contributed by atoms with van der Waals surface area (Å²) >= 11 is 0. The van der Waals surface area contributed by atoms with E-state index >= 15 is 0 Å². The highest BCUT2D eigenvalue weighted by molar-refractivity contribution is 5.97. The summed E-state index contributed by atoms with van der Waals surface area (Å²) < 4.78 is 11.2. The van der Waals surface area contributed by atoms with Crippen LogP contribution >= 0.6 is 0 Å². The standard InChI is InChI=1S/C17H28N2O3/c1-6-9-17(5,22-10-7-2)16(20)19-14-11-13(4)15(18-12-14)21-8-3/h11-12H,6-10H2,1-5H3,(H,19,20)/t17-/m1/s1. The first kappa shape index (κ1) is 18.4. The molecule has 1 aromatic heterocycles. The topological polar surface area (TPSA) is 60.5 Å². The van der Waals surface area contributed by atoms with Crippen molar-refractivity contribution in [3.63, 3.8) is 0 Å². The number of nitrogens with zero attached hydrogens (tertiary/aromatic N) is 1. The number of hydrogen-bond acceptors (Lipinski definition) is 4. The number of nitrogens with one attached hydrogen (secondary N) is 1. The maximum Gasteiger partial charge on any atom is 0.256 e. The molecular formula is C17H28N2O3. The minimum atomic E-state index is -0.808. The van der Waals surface area contributed by atoms with Gasteiger partial charge in [-0.2, -0.15) is 0 Å². The highest BCUT2D eigenvalue weighted by Crippen LogP contribution is 2.23. The Balaban J connectivity index is 2.82. The number of hydrogen-bond donors (Lipinski definition) is 1. The van der Waals surface area contributed by atoms with Crippen molar-refractivity contribution >= 4 is 11.6 Å². The van der Waals surface area contributed by atoms with Crippen LogP contribution in [0.5, 0.6) is 5.88 Å². The van der Waals surface area contributed by atoms with Crippen molar-refractivity contribution in [2.24, 2.45) is 0 Å². The third kappa shape index (κ3) is 4.98. The third-order valence-electron chi connectivity index (χ3n) is 3.40. The smallest absolute Gasteiger partial charge is 0.256 e. The maximum atomic E-state index is 12.6. The van der Waals surface area contributed by atoms with Crippen molar-refractivity contribution < 1.29 is 14.3 Å². The number of aromatic nitrogens is 1. The fourth-order valence-corrected chi connectivity index (χ4v) is 2.24. The predicted octanol–water partition coefficient (Wildman–Crippen LogP) is 3.71. The summed E-state index contributed by atoms with van der Waals surface area (Å²) in [4.78, 5) is 16.8. The molecule has 1 aromatic rings. The molecule has 0 unspecified atom stereocenters. The molecule has 0 saturated heterocycles. The van der Waals surface area contributed by atoms with Crippen LogP contribution in [0, 0.1) is 6.92 Å². The first-order valence-electron chi connectivity index (χ1n) is 8.01. The van der Waals surface area contributed by atoms with Crippen molar-refractivity contribution in [3.8, 4) is 5.88 Å².